The zero-order valence-electron chi connectivity index (χ0n) is 10.2. The Labute approximate surface area is 97.2 Å². The van der Waals surface area contributed by atoms with E-state index in [1.54, 1.807) is 7.05 Å². The van der Waals surface area contributed by atoms with Crippen LogP contribution in [0.2, 0.25) is 0 Å². The molecule has 1 atom stereocenters. The number of anilines is 1. The average molecular weight is 220 g/mol. The molecule has 16 heavy (non-hydrogen) atoms. The molecule has 0 heterocycles. The molecule has 0 radical (unpaired) electrons. The van der Waals surface area contributed by atoms with Gasteiger partial charge in [0.2, 0.25) is 0 Å². The van der Waals surface area contributed by atoms with Gasteiger partial charge in [0.05, 0.1) is 0 Å². The maximum Gasteiger partial charge on any atom is 0.251 e. The van der Waals surface area contributed by atoms with E-state index < -0.39 is 0 Å². The highest BCUT2D eigenvalue weighted by atomic mass is 16.1. The molecule has 0 aliphatic carbocycles. The molecule has 1 aromatic carbocycles. The minimum Gasteiger partial charge on any atom is -0.383 e. The third kappa shape index (κ3) is 3.57. The van der Waals surface area contributed by atoms with E-state index in [0.29, 0.717) is 11.6 Å². The fourth-order valence-electron chi connectivity index (χ4n) is 1.65. The fourth-order valence-corrected chi connectivity index (χ4v) is 1.65. The number of nitrogens with one attached hydrogen (secondary N) is 2. The zero-order chi connectivity index (χ0) is 12.0. The lowest BCUT2D eigenvalue weighted by Gasteiger charge is -2.14. The van der Waals surface area contributed by atoms with Crippen molar-refractivity contribution in [3.05, 3.63) is 29.8 Å². The number of carbonyl (C=O) groups is 1. The SMILES string of the molecule is CCCC(C)Nc1ccc(C(=O)NC)cc1. The van der Waals surface area contributed by atoms with E-state index in [1.165, 1.54) is 6.42 Å². The quantitative estimate of drug-likeness (QED) is 0.801. The highest BCUT2D eigenvalue weighted by molar-refractivity contribution is 5.94. The summed E-state index contributed by atoms with van der Waals surface area (Å²) in [7, 11) is 1.64. The van der Waals surface area contributed by atoms with E-state index >= 15 is 0 Å². The van der Waals surface area contributed by atoms with Crippen LogP contribution in [-0.4, -0.2) is 19.0 Å². The van der Waals surface area contributed by atoms with Crippen LogP contribution < -0.4 is 10.6 Å². The Balaban J connectivity index is 2.61. The van der Waals surface area contributed by atoms with Crippen molar-refractivity contribution in [2.24, 2.45) is 0 Å². The first-order valence-corrected chi connectivity index (χ1v) is 5.76. The minimum absolute atomic E-state index is 0.0480. The number of carbonyl (C=O) groups excluding carboxylic acids is 1. The van der Waals surface area contributed by atoms with Crippen molar-refractivity contribution in [3.8, 4) is 0 Å². The minimum atomic E-state index is -0.0480. The molecule has 1 aromatic rings. The lowest BCUT2D eigenvalue weighted by Crippen LogP contribution is -2.18. The van der Waals surface area contributed by atoms with Crippen LogP contribution in [-0.2, 0) is 0 Å². The van der Waals surface area contributed by atoms with Crippen LogP contribution in [0.1, 0.15) is 37.0 Å². The lowest BCUT2D eigenvalue weighted by molar-refractivity contribution is 0.0963. The standard InChI is InChI=1S/C13H20N2O/c1-4-5-10(2)15-12-8-6-11(7-9-12)13(16)14-3/h6-10,15H,4-5H2,1-3H3,(H,14,16). The van der Waals surface area contributed by atoms with Crippen molar-refractivity contribution in [2.45, 2.75) is 32.7 Å². The summed E-state index contributed by atoms with van der Waals surface area (Å²) >= 11 is 0. The maximum absolute atomic E-state index is 11.3. The Kier molecular flexibility index (Phi) is 4.83. The van der Waals surface area contributed by atoms with Crippen LogP contribution in [0.15, 0.2) is 24.3 Å². The largest absolute Gasteiger partial charge is 0.383 e. The van der Waals surface area contributed by atoms with E-state index in [1.807, 2.05) is 24.3 Å². The normalized spacial score (nSPS) is 11.9. The van der Waals surface area contributed by atoms with Crippen LogP contribution in [0, 0.1) is 0 Å². The van der Waals surface area contributed by atoms with Gasteiger partial charge in [-0.2, -0.15) is 0 Å². The van der Waals surface area contributed by atoms with Gasteiger partial charge >= 0.3 is 0 Å². The van der Waals surface area contributed by atoms with E-state index in [9.17, 15) is 4.79 Å². The van der Waals surface area contributed by atoms with Gasteiger partial charge in [-0.25, -0.2) is 0 Å². The van der Waals surface area contributed by atoms with Gasteiger partial charge < -0.3 is 10.6 Å². The lowest BCUT2D eigenvalue weighted by atomic mass is 10.1. The van der Waals surface area contributed by atoms with Gasteiger partial charge in [0.1, 0.15) is 0 Å². The first-order chi connectivity index (χ1) is 7.67. The molecule has 0 bridgehead atoms. The van der Waals surface area contributed by atoms with Crippen molar-refractivity contribution in [3.63, 3.8) is 0 Å². The molecule has 0 aliphatic rings. The second-order valence-corrected chi connectivity index (χ2v) is 3.99. The van der Waals surface area contributed by atoms with Crippen molar-refractivity contribution in [1.82, 2.24) is 5.32 Å². The summed E-state index contributed by atoms with van der Waals surface area (Å²) in [6.45, 7) is 4.34. The van der Waals surface area contributed by atoms with Crippen LogP contribution in [0.4, 0.5) is 5.69 Å². The van der Waals surface area contributed by atoms with E-state index in [-0.39, 0.29) is 5.91 Å². The molecule has 0 fully saturated rings. The van der Waals surface area contributed by atoms with Crippen molar-refractivity contribution < 1.29 is 4.79 Å². The van der Waals surface area contributed by atoms with Crippen LogP contribution in [0.25, 0.3) is 0 Å². The predicted octanol–water partition coefficient (Wildman–Crippen LogP) is 2.65. The highest BCUT2D eigenvalue weighted by Crippen LogP contribution is 2.12. The molecule has 1 rings (SSSR count). The molecule has 3 nitrogen and oxygen atoms in total. The molecule has 0 aliphatic heterocycles. The van der Waals surface area contributed by atoms with E-state index in [0.717, 1.165) is 12.1 Å². The summed E-state index contributed by atoms with van der Waals surface area (Å²) in [5.74, 6) is -0.0480. The van der Waals surface area contributed by atoms with Crippen LogP contribution >= 0.6 is 0 Å². The number of amides is 1. The molecule has 0 saturated heterocycles. The summed E-state index contributed by atoms with van der Waals surface area (Å²) in [4.78, 5) is 11.3. The van der Waals surface area contributed by atoms with Gasteiger partial charge in [0, 0.05) is 24.3 Å². The van der Waals surface area contributed by atoms with Crippen LogP contribution in [0.3, 0.4) is 0 Å². The smallest absolute Gasteiger partial charge is 0.251 e. The van der Waals surface area contributed by atoms with Gasteiger partial charge in [-0.1, -0.05) is 13.3 Å². The van der Waals surface area contributed by atoms with Gasteiger partial charge in [0.25, 0.3) is 5.91 Å². The average Bonchev–Trinajstić information content (AvgIpc) is 2.29. The van der Waals surface area contributed by atoms with Crippen molar-refractivity contribution in [1.29, 1.82) is 0 Å². The third-order valence-electron chi connectivity index (χ3n) is 2.51. The van der Waals surface area contributed by atoms with Crippen molar-refractivity contribution in [2.75, 3.05) is 12.4 Å². The Morgan fingerprint density at radius 3 is 2.44 bits per heavy atom. The monoisotopic (exact) mass is 220 g/mol. The molecule has 1 amide bonds. The highest BCUT2D eigenvalue weighted by Gasteiger charge is 2.03. The van der Waals surface area contributed by atoms with Crippen LogP contribution in [0.5, 0.6) is 0 Å². The maximum atomic E-state index is 11.3. The molecule has 2 N–H and O–H groups in total. The predicted molar refractivity (Wildman–Crippen MR) is 67.8 cm³/mol. The van der Waals surface area contributed by atoms with Crippen molar-refractivity contribution >= 4 is 11.6 Å². The van der Waals surface area contributed by atoms with E-state index in [4.69, 9.17) is 0 Å². The number of benzene rings is 1. The summed E-state index contributed by atoms with van der Waals surface area (Å²) in [5.41, 5.74) is 1.75. The van der Waals surface area contributed by atoms with Gasteiger partial charge in [-0.3, -0.25) is 4.79 Å². The molecule has 0 saturated carbocycles. The second kappa shape index (κ2) is 6.16. The molecule has 1 unspecified atom stereocenters. The van der Waals surface area contributed by atoms with Gasteiger partial charge in [-0.05, 0) is 37.6 Å². The summed E-state index contributed by atoms with van der Waals surface area (Å²) in [6, 6.07) is 8.02. The zero-order valence-corrected chi connectivity index (χ0v) is 10.2. The molecular formula is C13H20N2O. The molecular weight excluding hydrogens is 200 g/mol. The molecule has 0 aromatic heterocycles. The van der Waals surface area contributed by atoms with E-state index in [2.05, 4.69) is 24.5 Å². The Morgan fingerprint density at radius 1 is 1.31 bits per heavy atom. The summed E-state index contributed by atoms with van der Waals surface area (Å²) < 4.78 is 0. The third-order valence-corrected chi connectivity index (χ3v) is 2.51. The first-order valence-electron chi connectivity index (χ1n) is 5.76. The Bertz CT molecular complexity index is 332. The van der Waals surface area contributed by atoms with Gasteiger partial charge in [0.15, 0.2) is 0 Å². The Morgan fingerprint density at radius 2 is 1.94 bits per heavy atom. The summed E-state index contributed by atoms with van der Waals surface area (Å²) in [5, 5.41) is 6.00. The molecule has 3 heteroatoms. The summed E-state index contributed by atoms with van der Waals surface area (Å²) in [6.07, 6.45) is 2.32. The molecule has 0 spiro atoms. The topological polar surface area (TPSA) is 41.1 Å². The molecule has 88 valence electrons. The number of rotatable bonds is 5. The Hall–Kier alpha value is -1.51. The number of hydrogen-bond acceptors (Lipinski definition) is 2. The first kappa shape index (κ1) is 12.6. The van der Waals surface area contributed by atoms with Gasteiger partial charge in [-0.15, -0.1) is 0 Å². The number of hydrogen-bond donors (Lipinski definition) is 2. The second-order valence-electron chi connectivity index (χ2n) is 3.99. The fraction of sp³-hybridized carbons (Fsp3) is 0.462.